The Labute approximate surface area is 491 Å². The molecule has 0 spiro atoms. The van der Waals surface area contributed by atoms with Crippen LogP contribution in [-0.2, 0) is 52.8 Å². The number of aliphatic carboxylic acids is 1. The van der Waals surface area contributed by atoms with Gasteiger partial charge in [-0.3, -0.25) is 39.0 Å². The molecule has 5 amide bonds. The van der Waals surface area contributed by atoms with E-state index in [1.165, 1.54) is 12.1 Å². The average Bonchev–Trinajstić information content (AvgIpc) is 2.18. The number of aliphatic hydroxyl groups excluding tert-OH is 2. The molecule has 4 heterocycles. The van der Waals surface area contributed by atoms with Crippen molar-refractivity contribution in [3.05, 3.63) is 137 Å². The zero-order chi connectivity index (χ0) is 60.2. The van der Waals surface area contributed by atoms with Crippen molar-refractivity contribution in [1.82, 2.24) is 29.8 Å². The lowest BCUT2D eigenvalue weighted by Gasteiger charge is -2.27. The highest BCUT2D eigenvalue weighted by molar-refractivity contribution is 6.23. The van der Waals surface area contributed by atoms with E-state index in [0.717, 1.165) is 17.0 Å². The van der Waals surface area contributed by atoms with E-state index in [1.807, 2.05) is 67.1 Å². The molecule has 2 aliphatic heterocycles. The van der Waals surface area contributed by atoms with Gasteiger partial charge in [-0.1, -0.05) is 49.4 Å². The largest absolute Gasteiger partial charge is 0.494 e. The molecule has 8 rings (SSSR count). The molecule has 22 nitrogen and oxygen atoms in total. The summed E-state index contributed by atoms with van der Waals surface area (Å²) in [5.41, 5.74) is 6.05. The number of aryl methyl sites for hydroxylation is 1. The van der Waals surface area contributed by atoms with Crippen LogP contribution in [0.1, 0.15) is 107 Å². The molecule has 2 aromatic heterocycles. The minimum Gasteiger partial charge on any atom is -0.494 e. The first-order chi connectivity index (χ1) is 41.1. The summed E-state index contributed by atoms with van der Waals surface area (Å²) >= 11 is 0. The third-order valence-electron chi connectivity index (χ3n) is 14.3. The van der Waals surface area contributed by atoms with E-state index in [9.17, 15) is 48.5 Å². The summed E-state index contributed by atoms with van der Waals surface area (Å²) in [7, 11) is 0. The molecule has 85 heavy (non-hydrogen) atoms. The van der Waals surface area contributed by atoms with Gasteiger partial charge in [0.15, 0.2) is 0 Å². The van der Waals surface area contributed by atoms with Crippen LogP contribution in [0.5, 0.6) is 5.75 Å². The number of amides is 5. The van der Waals surface area contributed by atoms with Crippen LogP contribution in [0.3, 0.4) is 0 Å². The fourth-order valence-electron chi connectivity index (χ4n) is 10.3. The van der Waals surface area contributed by atoms with Gasteiger partial charge in [0.05, 0.1) is 113 Å². The number of carbonyl (C=O) groups excluding carboxylic acids is 5. The minimum atomic E-state index is -1.24. The van der Waals surface area contributed by atoms with Crippen LogP contribution in [0, 0.1) is 5.82 Å². The summed E-state index contributed by atoms with van der Waals surface area (Å²) < 4.78 is 47.1. The zero-order valence-electron chi connectivity index (χ0n) is 47.7. The highest BCUT2D eigenvalue weighted by Gasteiger charge is 2.44. The number of anilines is 2. The lowest BCUT2D eigenvalue weighted by molar-refractivity contribution is -0.140. The number of benzene rings is 4. The van der Waals surface area contributed by atoms with Gasteiger partial charge >= 0.3 is 5.97 Å². The molecular formula is C62H73FN8O14. The summed E-state index contributed by atoms with van der Waals surface area (Å²) in [5.74, 6) is -3.81. The molecule has 6 N–H and O–H groups in total. The van der Waals surface area contributed by atoms with Crippen LogP contribution in [-0.4, -0.2) is 160 Å². The lowest BCUT2D eigenvalue weighted by Crippen LogP contribution is -2.54. The number of aromatic nitrogens is 4. The van der Waals surface area contributed by atoms with Crippen LogP contribution in [0.25, 0.3) is 22.4 Å². The molecule has 1 saturated heterocycles. The Morgan fingerprint density at radius 1 is 0.753 bits per heavy atom. The first-order valence-electron chi connectivity index (χ1n) is 28.6. The number of carboxylic acids is 1. The lowest BCUT2D eigenvalue weighted by atomic mass is 9.94. The van der Waals surface area contributed by atoms with Crippen molar-refractivity contribution < 1.29 is 72.2 Å². The first kappa shape index (κ1) is 62.8. The van der Waals surface area contributed by atoms with Gasteiger partial charge in [0.2, 0.25) is 11.8 Å². The van der Waals surface area contributed by atoms with Gasteiger partial charge < -0.3 is 54.2 Å². The van der Waals surface area contributed by atoms with Gasteiger partial charge in [0, 0.05) is 48.3 Å². The number of ether oxygens (including phenoxy) is 5. The van der Waals surface area contributed by atoms with E-state index >= 15 is 0 Å². The number of piperidine rings is 1. The maximum Gasteiger partial charge on any atom is 0.305 e. The Kier molecular flexibility index (Phi) is 23.0. The predicted molar refractivity (Wildman–Crippen MR) is 311 cm³/mol. The standard InChI is InChI=1S/C62H73FN8O14/c1-40(2)57-56(60(78)65-44-10-4-3-5-11-44)55(58(41-14-16-43(63)17-15-41)70(57)24-22-47(72)37-48(73)38-54(75)76)42-9-8-13-49(35-42)85-26-7-6-12-46-39-69(68-67-46)25-28-82-30-32-84-34-33-83-31-29-81-27-23-64-45-18-19-50-51(36-45)62(80)71(61(50)79)52-20-21-53(74)66-59(52)77/h3-5,8-11,13-19,35-36,39-40,47-48,52,64,72-73H,6-7,12,20-34,37-38H2,1-2H3,(H,65,78)(H,75,76)(H,66,74,77)/t47-,48-,52?/m1/s1. The fraction of sp³-hybridized carbons (Fsp3) is 0.419. The number of imide groups is 2. The summed E-state index contributed by atoms with van der Waals surface area (Å²) in [5, 5.41) is 47.6. The van der Waals surface area contributed by atoms with Crippen molar-refractivity contribution in [2.75, 3.05) is 76.6 Å². The van der Waals surface area contributed by atoms with E-state index in [-0.39, 0.29) is 55.2 Å². The number of rotatable bonds is 35. The Balaban J connectivity index is 0.733. The number of carbonyl (C=O) groups is 6. The molecule has 1 unspecified atom stereocenters. The smallest absolute Gasteiger partial charge is 0.305 e. The average molecular weight is 1170 g/mol. The quantitative estimate of drug-likeness (QED) is 0.0175. The summed E-state index contributed by atoms with van der Waals surface area (Å²) in [6.45, 7) is 8.60. The Hall–Kier alpha value is -8.19. The number of hydrogen-bond donors (Lipinski definition) is 6. The highest BCUT2D eigenvalue weighted by atomic mass is 19.1. The number of unbranched alkanes of at least 4 members (excludes halogenated alkanes) is 1. The highest BCUT2D eigenvalue weighted by Crippen LogP contribution is 2.44. The third-order valence-corrected chi connectivity index (χ3v) is 14.3. The van der Waals surface area contributed by atoms with Crippen LogP contribution < -0.4 is 20.7 Å². The van der Waals surface area contributed by atoms with Crippen LogP contribution in [0.15, 0.2) is 103 Å². The van der Waals surface area contributed by atoms with Gasteiger partial charge in [-0.05, 0) is 122 Å². The normalized spacial score (nSPS) is 14.8. The number of fused-ring (bicyclic) bond motifs is 1. The molecule has 4 aromatic carbocycles. The van der Waals surface area contributed by atoms with Gasteiger partial charge in [0.1, 0.15) is 17.6 Å². The van der Waals surface area contributed by atoms with E-state index < -0.39 is 60.1 Å². The first-order valence-corrected chi connectivity index (χ1v) is 28.6. The molecule has 2 aliphatic rings. The molecule has 0 bridgehead atoms. The summed E-state index contributed by atoms with van der Waals surface area (Å²) in [6.07, 6.45) is 1.40. The van der Waals surface area contributed by atoms with Crippen molar-refractivity contribution in [1.29, 1.82) is 0 Å². The third kappa shape index (κ3) is 17.5. The van der Waals surface area contributed by atoms with Gasteiger partial charge in [-0.25, -0.2) is 9.07 Å². The van der Waals surface area contributed by atoms with Gasteiger partial charge in [-0.15, -0.1) is 5.10 Å². The van der Waals surface area contributed by atoms with Crippen molar-refractivity contribution >= 4 is 46.9 Å². The molecule has 6 aromatic rings. The monoisotopic (exact) mass is 1170 g/mol. The molecule has 0 aliphatic carbocycles. The molecule has 3 atom stereocenters. The van der Waals surface area contributed by atoms with Gasteiger partial charge in [0.25, 0.3) is 17.7 Å². The van der Waals surface area contributed by atoms with E-state index in [4.69, 9.17) is 23.7 Å². The second-order valence-electron chi connectivity index (χ2n) is 20.9. The van der Waals surface area contributed by atoms with Crippen LogP contribution >= 0.6 is 0 Å². The number of nitrogens with zero attached hydrogens (tertiary/aromatic N) is 5. The van der Waals surface area contributed by atoms with Crippen molar-refractivity contribution in [3.8, 4) is 28.1 Å². The number of aliphatic hydroxyl groups is 2. The summed E-state index contributed by atoms with van der Waals surface area (Å²) in [6, 6.07) is 26.4. The summed E-state index contributed by atoms with van der Waals surface area (Å²) in [4.78, 5) is 76.7. The fourth-order valence-corrected chi connectivity index (χ4v) is 10.3. The Bertz CT molecular complexity index is 3240. The van der Waals surface area contributed by atoms with E-state index in [1.54, 1.807) is 47.1 Å². The zero-order valence-corrected chi connectivity index (χ0v) is 47.7. The van der Waals surface area contributed by atoms with Crippen LogP contribution in [0.2, 0.25) is 0 Å². The number of para-hydroxylation sites is 1. The Morgan fingerprint density at radius 3 is 2.16 bits per heavy atom. The molecule has 1 fully saturated rings. The SMILES string of the molecule is CC(C)c1c(C(=O)Nc2ccccc2)c(-c2cccc(OCCCCc3cn(CCOCCOCCOCCOCCNc4ccc5c(c4)C(=O)N(C4CCC(=O)NC4=O)C5=O)nn3)c2)c(-c2ccc(F)cc2)n1CC[C@@H](O)C[C@@H](O)CC(=O)O. The molecule has 0 radical (unpaired) electrons. The second kappa shape index (κ2) is 31.1. The number of hydrogen-bond acceptors (Lipinski definition) is 16. The predicted octanol–water partition coefficient (Wildman–Crippen LogP) is 6.89. The van der Waals surface area contributed by atoms with Gasteiger partial charge in [-0.2, -0.15) is 0 Å². The molecule has 23 heteroatoms. The molecule has 452 valence electrons. The Morgan fingerprint density at radius 2 is 1.46 bits per heavy atom. The number of halogens is 1. The minimum absolute atomic E-state index is 0.0544. The number of carboxylic acid groups (broad SMARTS) is 1. The van der Waals surface area contributed by atoms with Crippen LogP contribution in [0.4, 0.5) is 15.8 Å². The van der Waals surface area contributed by atoms with E-state index in [0.29, 0.717) is 136 Å². The maximum absolute atomic E-state index is 14.7. The molecule has 0 saturated carbocycles. The topological polar surface area (TPSA) is 284 Å². The van der Waals surface area contributed by atoms with E-state index in [2.05, 4.69) is 26.3 Å². The van der Waals surface area contributed by atoms with Crippen molar-refractivity contribution in [2.24, 2.45) is 0 Å². The van der Waals surface area contributed by atoms with Crippen molar-refractivity contribution in [3.63, 3.8) is 0 Å². The van der Waals surface area contributed by atoms with Crippen molar-refractivity contribution in [2.45, 2.75) is 102 Å². The second-order valence-corrected chi connectivity index (χ2v) is 20.9. The molecular weight excluding hydrogens is 1100 g/mol. The maximum atomic E-state index is 14.7. The number of nitrogens with one attached hydrogen (secondary N) is 3.